The van der Waals surface area contributed by atoms with E-state index in [4.69, 9.17) is 26.8 Å². The molecule has 2 aromatic carbocycles. The lowest BCUT2D eigenvalue weighted by Gasteiger charge is -2.39. The number of alkyl halides is 3. The van der Waals surface area contributed by atoms with E-state index in [0.717, 1.165) is 17.3 Å². The number of aromatic nitrogens is 1. The minimum absolute atomic E-state index is 0.0167. The lowest BCUT2D eigenvalue weighted by molar-refractivity contribution is -0.141. The Morgan fingerprint density at radius 3 is 2.38 bits per heavy atom. The fraction of sp³-hybridized carbons (Fsp3) is 0.417. The molecule has 6 rings (SSSR count). The molecule has 3 aliphatic rings. The summed E-state index contributed by atoms with van der Waals surface area (Å²) in [5.74, 6) is -0.524. The number of likely N-dealkylation sites (tertiary alicyclic amines) is 1. The van der Waals surface area contributed by atoms with E-state index in [9.17, 15) is 32.3 Å². The number of rotatable bonds is 7. The van der Waals surface area contributed by atoms with Gasteiger partial charge in [0.05, 0.1) is 28.9 Å². The number of nitrogens with zero attached hydrogens (tertiary/aromatic N) is 5. The van der Waals surface area contributed by atoms with Crippen molar-refractivity contribution in [2.24, 2.45) is 0 Å². The number of methoxy groups -OCH3 is 1. The van der Waals surface area contributed by atoms with Crippen LogP contribution in [0, 0.1) is 0 Å². The zero-order valence-electron chi connectivity index (χ0n) is 28.9. The first-order valence-electron chi connectivity index (χ1n) is 17.2. The number of para-hydroxylation sites is 1. The number of carbonyl (C=O) groups excluding carboxylic acids is 4. The molecule has 17 heteroatoms. The van der Waals surface area contributed by atoms with Gasteiger partial charge in [-0.05, 0) is 60.7 Å². The Hall–Kier alpha value is -5.25. The average molecular weight is 758 g/mol. The number of pyridine rings is 1. The molecule has 3 N–H and O–H groups in total. The predicted octanol–water partition coefficient (Wildman–Crippen LogP) is 5.07. The summed E-state index contributed by atoms with van der Waals surface area (Å²) in [6.07, 6.45) is -4.44. The van der Waals surface area contributed by atoms with Gasteiger partial charge in [-0.3, -0.25) is 4.79 Å². The van der Waals surface area contributed by atoms with Crippen molar-refractivity contribution in [1.29, 1.82) is 0 Å². The molecule has 13 nitrogen and oxygen atoms in total. The monoisotopic (exact) mass is 757 g/mol. The number of hydrogen-bond acceptors (Lipinski definition) is 9. The van der Waals surface area contributed by atoms with Gasteiger partial charge in [0.25, 0.3) is 5.91 Å². The molecule has 3 aliphatic heterocycles. The summed E-state index contributed by atoms with van der Waals surface area (Å²) in [5.41, 5.74) is 5.96. The number of amides is 4. The van der Waals surface area contributed by atoms with E-state index < -0.39 is 41.5 Å². The summed E-state index contributed by atoms with van der Waals surface area (Å²) in [4.78, 5) is 63.4. The van der Waals surface area contributed by atoms with Crippen molar-refractivity contribution < 1.29 is 41.8 Å². The van der Waals surface area contributed by atoms with Gasteiger partial charge in [-0.25, -0.2) is 19.4 Å². The molecule has 2 saturated heterocycles. The van der Waals surface area contributed by atoms with Crippen LogP contribution in [0.4, 0.5) is 40.0 Å². The number of piperidine rings is 1. The highest BCUT2D eigenvalue weighted by Crippen LogP contribution is 2.38. The molecule has 0 saturated carbocycles. The number of carbonyl (C=O) groups is 4. The number of nitrogens with one attached hydrogen (secondary N) is 1. The number of anilines is 3. The predicted molar refractivity (Wildman–Crippen MR) is 190 cm³/mol. The van der Waals surface area contributed by atoms with Gasteiger partial charge in [0.1, 0.15) is 5.82 Å². The summed E-state index contributed by atoms with van der Waals surface area (Å²) in [7, 11) is 1.27. The fourth-order valence-corrected chi connectivity index (χ4v) is 7.13. The van der Waals surface area contributed by atoms with Crippen molar-refractivity contribution >= 4 is 52.8 Å². The van der Waals surface area contributed by atoms with Crippen LogP contribution in [-0.2, 0) is 33.3 Å². The van der Waals surface area contributed by atoms with Crippen LogP contribution in [0.1, 0.15) is 39.9 Å². The molecule has 0 radical (unpaired) electrons. The first kappa shape index (κ1) is 37.5. The van der Waals surface area contributed by atoms with Crippen molar-refractivity contribution in [2.75, 3.05) is 68.9 Å². The molecule has 0 aliphatic carbocycles. The molecule has 53 heavy (non-hydrogen) atoms. The van der Waals surface area contributed by atoms with E-state index in [1.54, 1.807) is 17.0 Å². The third-order valence-electron chi connectivity index (χ3n) is 9.82. The van der Waals surface area contributed by atoms with Crippen LogP contribution in [0.25, 0.3) is 0 Å². The summed E-state index contributed by atoms with van der Waals surface area (Å²) in [6, 6.07) is 12.6. The van der Waals surface area contributed by atoms with Crippen LogP contribution in [0.2, 0.25) is 5.02 Å². The van der Waals surface area contributed by atoms with E-state index in [1.807, 2.05) is 29.2 Å². The minimum Gasteiger partial charge on any atom is -0.465 e. The number of benzene rings is 2. The molecule has 3 aromatic rings. The zero-order chi connectivity index (χ0) is 37.9. The molecular weight excluding hydrogens is 719 g/mol. The van der Waals surface area contributed by atoms with E-state index in [1.165, 1.54) is 29.2 Å². The van der Waals surface area contributed by atoms with Gasteiger partial charge in [0, 0.05) is 70.2 Å². The Morgan fingerprint density at radius 2 is 1.72 bits per heavy atom. The Morgan fingerprint density at radius 1 is 1.00 bits per heavy atom. The average Bonchev–Trinajstić information content (AvgIpc) is 3.33. The van der Waals surface area contributed by atoms with Gasteiger partial charge >= 0.3 is 24.3 Å². The number of hydrogen-bond donors (Lipinski definition) is 2. The van der Waals surface area contributed by atoms with Crippen LogP contribution in [0.15, 0.2) is 54.7 Å². The normalized spacial score (nSPS) is 17.4. The number of esters is 1. The van der Waals surface area contributed by atoms with Crippen molar-refractivity contribution in [3.63, 3.8) is 0 Å². The van der Waals surface area contributed by atoms with Crippen molar-refractivity contribution in [1.82, 2.24) is 19.7 Å². The highest BCUT2D eigenvalue weighted by molar-refractivity contribution is 6.33. The van der Waals surface area contributed by atoms with Gasteiger partial charge < -0.3 is 40.1 Å². The molecule has 0 bridgehead atoms. The Balaban J connectivity index is 1.13. The minimum atomic E-state index is -4.81. The standard InChI is InChI=1S/C36H39ClF3N7O6/c1-52-33(49)24-6-7-30(42-21-24)44-14-16-45(17-15-44)32(48)29(20-22-18-26(36(38,39)40)31(41)27(37)19-22)53-35(51)46-11-9-25(10-12-46)47-13-8-23-4-2-3-5-28(23)43-34(47)50/h2-7,18-19,21,25,29H,8-17,20,41H2,1H3,(H,43,50)/t29-/m1/s1. The molecule has 282 valence electrons. The highest BCUT2D eigenvalue weighted by atomic mass is 35.5. The zero-order valence-corrected chi connectivity index (χ0v) is 29.7. The molecule has 1 aromatic heterocycles. The molecule has 4 heterocycles. The topological polar surface area (TPSA) is 151 Å². The third-order valence-corrected chi connectivity index (χ3v) is 10.1. The second-order valence-electron chi connectivity index (χ2n) is 13.1. The number of fused-ring (bicyclic) bond motifs is 1. The maximum atomic E-state index is 14.0. The molecule has 0 unspecified atom stereocenters. The molecular formula is C36H39ClF3N7O6. The fourth-order valence-electron chi connectivity index (χ4n) is 6.89. The Bertz CT molecular complexity index is 1850. The van der Waals surface area contributed by atoms with Gasteiger partial charge in [0.2, 0.25) is 0 Å². The van der Waals surface area contributed by atoms with E-state index >= 15 is 0 Å². The smallest absolute Gasteiger partial charge is 0.418 e. The SMILES string of the molecule is COC(=O)c1ccc(N2CCN(C(=O)[C@@H](Cc3cc(Cl)c(N)c(C(F)(F)F)c3)OC(=O)N3CCC(N4CCc5ccccc5NC4=O)CC3)CC2)nc1. The van der Waals surface area contributed by atoms with E-state index in [-0.39, 0.29) is 60.8 Å². The largest absolute Gasteiger partial charge is 0.465 e. The number of ether oxygens (including phenoxy) is 2. The molecule has 4 amide bonds. The van der Waals surface area contributed by atoms with E-state index in [0.29, 0.717) is 44.7 Å². The second kappa shape index (κ2) is 15.8. The van der Waals surface area contributed by atoms with Gasteiger partial charge in [-0.2, -0.15) is 13.2 Å². The Labute approximate surface area is 308 Å². The molecule has 0 spiro atoms. The quantitative estimate of drug-likeness (QED) is 0.249. The lowest BCUT2D eigenvalue weighted by atomic mass is 10.0. The lowest BCUT2D eigenvalue weighted by Crippen LogP contribution is -2.54. The van der Waals surface area contributed by atoms with Crippen LogP contribution >= 0.6 is 11.6 Å². The van der Waals surface area contributed by atoms with Crippen molar-refractivity contribution in [3.05, 3.63) is 82.0 Å². The highest BCUT2D eigenvalue weighted by Gasteiger charge is 2.38. The first-order chi connectivity index (χ1) is 25.3. The van der Waals surface area contributed by atoms with Crippen molar-refractivity contribution in [3.8, 4) is 0 Å². The summed E-state index contributed by atoms with van der Waals surface area (Å²) < 4.78 is 52.0. The van der Waals surface area contributed by atoms with E-state index in [2.05, 4.69) is 10.3 Å². The van der Waals surface area contributed by atoms with Crippen molar-refractivity contribution in [2.45, 2.75) is 44.0 Å². The molecule has 1 atom stereocenters. The Kier molecular flexibility index (Phi) is 11.2. The summed E-state index contributed by atoms with van der Waals surface area (Å²) in [6.45, 7) is 2.12. The summed E-state index contributed by atoms with van der Waals surface area (Å²) in [5, 5.41) is 2.63. The number of nitrogens with two attached hydrogens (primary N) is 1. The van der Waals surface area contributed by atoms with Gasteiger partial charge in [0.15, 0.2) is 6.10 Å². The summed E-state index contributed by atoms with van der Waals surface area (Å²) >= 11 is 6.09. The van der Waals surface area contributed by atoms with Crippen LogP contribution in [0.5, 0.6) is 0 Å². The molecule has 2 fully saturated rings. The first-order valence-corrected chi connectivity index (χ1v) is 17.5. The number of urea groups is 1. The van der Waals surface area contributed by atoms with Gasteiger partial charge in [-0.1, -0.05) is 29.8 Å². The third kappa shape index (κ3) is 8.53. The van der Waals surface area contributed by atoms with Crippen LogP contribution in [0.3, 0.4) is 0 Å². The number of piperazine rings is 1. The maximum Gasteiger partial charge on any atom is 0.418 e. The number of halogens is 4. The second-order valence-corrected chi connectivity index (χ2v) is 13.5. The number of nitrogen functional groups attached to an aromatic ring is 1. The van der Waals surface area contributed by atoms with Crippen LogP contribution in [-0.4, -0.2) is 109 Å². The van der Waals surface area contributed by atoms with Crippen LogP contribution < -0.4 is 16.0 Å². The maximum absolute atomic E-state index is 14.0. The van der Waals surface area contributed by atoms with Gasteiger partial charge in [-0.15, -0.1) is 0 Å².